The first-order valence-electron chi connectivity index (χ1n) is 6.33. The Morgan fingerprint density at radius 3 is 2.52 bits per heavy atom. The molecule has 0 aliphatic rings. The van der Waals surface area contributed by atoms with Gasteiger partial charge in [-0.25, -0.2) is 8.42 Å². The van der Waals surface area contributed by atoms with Crippen LogP contribution in [0, 0.1) is 13.8 Å². The number of sulfonamides is 1. The lowest BCUT2D eigenvalue weighted by atomic mass is 10.1. The molecule has 2 aromatic carbocycles. The summed E-state index contributed by atoms with van der Waals surface area (Å²) in [6.07, 6.45) is 0. The Morgan fingerprint density at radius 2 is 1.90 bits per heavy atom. The Hall–Kier alpha value is -1.37. The molecule has 0 aliphatic carbocycles. The maximum absolute atomic E-state index is 12.5. The second-order valence-corrected chi connectivity index (χ2v) is 7.28. The summed E-state index contributed by atoms with van der Waals surface area (Å²) in [5.41, 5.74) is 3.12. The van der Waals surface area contributed by atoms with Crippen molar-refractivity contribution in [1.29, 1.82) is 0 Å². The van der Waals surface area contributed by atoms with Gasteiger partial charge in [-0.2, -0.15) is 0 Å². The van der Waals surface area contributed by atoms with Crippen LogP contribution in [0.5, 0.6) is 0 Å². The third kappa shape index (κ3) is 3.45. The zero-order valence-corrected chi connectivity index (χ0v) is 14.1. The molecule has 0 amide bonds. The van der Waals surface area contributed by atoms with Crippen molar-refractivity contribution < 1.29 is 13.5 Å². The molecule has 0 aromatic heterocycles. The molecule has 2 aromatic rings. The zero-order valence-electron chi connectivity index (χ0n) is 11.7. The molecule has 0 fully saturated rings. The Morgan fingerprint density at radius 1 is 1.19 bits per heavy atom. The van der Waals surface area contributed by atoms with Crippen LogP contribution in [-0.2, 0) is 16.6 Å². The van der Waals surface area contributed by atoms with E-state index in [-0.39, 0.29) is 11.5 Å². The first kappa shape index (κ1) is 16.0. The monoisotopic (exact) mass is 369 g/mol. The minimum absolute atomic E-state index is 0.136. The van der Waals surface area contributed by atoms with Gasteiger partial charge in [-0.3, -0.25) is 4.72 Å². The molecule has 0 unspecified atom stereocenters. The second kappa shape index (κ2) is 6.17. The van der Waals surface area contributed by atoms with Crippen LogP contribution in [0.4, 0.5) is 5.69 Å². The number of nitrogens with one attached hydrogen (secondary N) is 1. The molecular formula is C15H16BrNO3S. The predicted molar refractivity (Wildman–Crippen MR) is 86.8 cm³/mol. The normalized spacial score (nSPS) is 11.4. The number of aliphatic hydroxyl groups excluding tert-OH is 1. The molecular weight excluding hydrogens is 354 g/mol. The molecule has 4 nitrogen and oxygen atoms in total. The molecule has 0 atom stereocenters. The van der Waals surface area contributed by atoms with Crippen molar-refractivity contribution in [2.24, 2.45) is 0 Å². The van der Waals surface area contributed by atoms with Gasteiger partial charge in [0, 0.05) is 4.47 Å². The van der Waals surface area contributed by atoms with Crippen molar-refractivity contribution in [2.75, 3.05) is 4.72 Å². The third-order valence-electron chi connectivity index (χ3n) is 3.32. The highest BCUT2D eigenvalue weighted by molar-refractivity contribution is 9.10. The average molecular weight is 370 g/mol. The van der Waals surface area contributed by atoms with E-state index >= 15 is 0 Å². The standard InChI is InChI=1S/C15H16BrNO3S/c1-10-4-3-5-14(11(10)2)17-21(19,20)15-7-6-12(9-18)8-13(15)16/h3-8,17-18H,9H2,1-2H3. The third-order valence-corrected chi connectivity index (χ3v) is 5.66. The van der Waals surface area contributed by atoms with Crippen molar-refractivity contribution in [1.82, 2.24) is 0 Å². The SMILES string of the molecule is Cc1cccc(NS(=O)(=O)c2ccc(CO)cc2Br)c1C. The maximum atomic E-state index is 12.5. The van der Waals surface area contributed by atoms with Crippen molar-refractivity contribution in [3.8, 4) is 0 Å². The van der Waals surface area contributed by atoms with Crippen LogP contribution >= 0.6 is 15.9 Å². The van der Waals surface area contributed by atoms with E-state index in [4.69, 9.17) is 5.11 Å². The lowest BCUT2D eigenvalue weighted by Crippen LogP contribution is -2.14. The summed E-state index contributed by atoms with van der Waals surface area (Å²) in [7, 11) is -3.69. The number of halogens is 1. The van der Waals surface area contributed by atoms with Crippen molar-refractivity contribution in [2.45, 2.75) is 25.3 Å². The fourth-order valence-electron chi connectivity index (χ4n) is 1.92. The number of hydrogen-bond donors (Lipinski definition) is 2. The van der Waals surface area contributed by atoms with E-state index in [9.17, 15) is 8.42 Å². The Bertz CT molecular complexity index is 772. The van der Waals surface area contributed by atoms with Crippen LogP contribution in [-0.4, -0.2) is 13.5 Å². The number of benzene rings is 2. The Balaban J connectivity index is 2.41. The van der Waals surface area contributed by atoms with Crippen LogP contribution in [0.25, 0.3) is 0 Å². The van der Waals surface area contributed by atoms with Gasteiger partial charge in [-0.05, 0) is 64.7 Å². The highest BCUT2D eigenvalue weighted by Gasteiger charge is 2.19. The number of anilines is 1. The van der Waals surface area contributed by atoms with E-state index in [2.05, 4.69) is 20.7 Å². The molecule has 0 spiro atoms. The molecule has 2 N–H and O–H groups in total. The lowest BCUT2D eigenvalue weighted by molar-refractivity contribution is 0.281. The van der Waals surface area contributed by atoms with Gasteiger partial charge >= 0.3 is 0 Å². The first-order chi connectivity index (χ1) is 9.85. The van der Waals surface area contributed by atoms with Crippen molar-refractivity contribution >= 4 is 31.6 Å². The summed E-state index contributed by atoms with van der Waals surface area (Å²) in [5.74, 6) is 0. The minimum Gasteiger partial charge on any atom is -0.392 e. The lowest BCUT2D eigenvalue weighted by Gasteiger charge is -2.13. The smallest absolute Gasteiger partial charge is 0.263 e. The first-order valence-corrected chi connectivity index (χ1v) is 8.61. The number of aryl methyl sites for hydroxylation is 1. The summed E-state index contributed by atoms with van der Waals surface area (Å²) in [4.78, 5) is 0.139. The summed E-state index contributed by atoms with van der Waals surface area (Å²) in [6, 6.07) is 10.1. The van der Waals surface area contributed by atoms with Gasteiger partial charge in [-0.15, -0.1) is 0 Å². The molecule has 0 aliphatic heterocycles. The van der Waals surface area contributed by atoms with Gasteiger partial charge in [0.25, 0.3) is 10.0 Å². The van der Waals surface area contributed by atoms with Crippen LogP contribution in [0.15, 0.2) is 45.8 Å². The Labute approximate surface area is 133 Å². The fraction of sp³-hybridized carbons (Fsp3) is 0.200. The van der Waals surface area contributed by atoms with Gasteiger partial charge in [0.05, 0.1) is 12.3 Å². The maximum Gasteiger partial charge on any atom is 0.263 e. The van der Waals surface area contributed by atoms with Crippen LogP contribution in [0.1, 0.15) is 16.7 Å². The molecule has 0 heterocycles. The molecule has 0 saturated heterocycles. The zero-order chi connectivity index (χ0) is 15.6. The number of hydrogen-bond acceptors (Lipinski definition) is 3. The summed E-state index contributed by atoms with van der Waals surface area (Å²) in [5, 5.41) is 9.07. The number of aliphatic hydroxyl groups is 1. The van der Waals surface area contributed by atoms with Crippen LogP contribution in [0.3, 0.4) is 0 Å². The molecule has 0 saturated carbocycles. The molecule has 0 radical (unpaired) electrons. The van der Waals surface area contributed by atoms with Gasteiger partial charge in [0.1, 0.15) is 4.90 Å². The molecule has 2 rings (SSSR count). The van der Waals surface area contributed by atoms with Crippen molar-refractivity contribution in [3.63, 3.8) is 0 Å². The summed E-state index contributed by atoms with van der Waals surface area (Å²) in [6.45, 7) is 3.67. The molecule has 0 bridgehead atoms. The Kier molecular flexibility index (Phi) is 4.70. The fourth-order valence-corrected chi connectivity index (χ4v) is 4.17. The van der Waals surface area contributed by atoms with Gasteiger partial charge in [-0.1, -0.05) is 18.2 Å². The molecule has 112 valence electrons. The largest absolute Gasteiger partial charge is 0.392 e. The van der Waals surface area contributed by atoms with Crippen LogP contribution < -0.4 is 4.72 Å². The van der Waals surface area contributed by atoms with E-state index < -0.39 is 10.0 Å². The molecule has 21 heavy (non-hydrogen) atoms. The average Bonchev–Trinajstić information content (AvgIpc) is 2.43. The van der Waals surface area contributed by atoms with E-state index in [0.29, 0.717) is 15.7 Å². The number of rotatable bonds is 4. The quantitative estimate of drug-likeness (QED) is 0.867. The topological polar surface area (TPSA) is 66.4 Å². The highest BCUT2D eigenvalue weighted by Crippen LogP contribution is 2.27. The van der Waals surface area contributed by atoms with E-state index in [1.165, 1.54) is 6.07 Å². The van der Waals surface area contributed by atoms with Crippen molar-refractivity contribution in [3.05, 3.63) is 57.6 Å². The van der Waals surface area contributed by atoms with Gasteiger partial charge in [0.2, 0.25) is 0 Å². The van der Waals surface area contributed by atoms with Crippen LogP contribution in [0.2, 0.25) is 0 Å². The predicted octanol–water partition coefficient (Wildman–Crippen LogP) is 3.36. The minimum atomic E-state index is -3.69. The van der Waals surface area contributed by atoms with Gasteiger partial charge < -0.3 is 5.11 Å². The van der Waals surface area contributed by atoms with E-state index in [1.54, 1.807) is 18.2 Å². The second-order valence-electron chi connectivity index (χ2n) is 4.78. The summed E-state index contributed by atoms with van der Waals surface area (Å²) < 4.78 is 28.0. The van der Waals surface area contributed by atoms with E-state index in [0.717, 1.165) is 11.1 Å². The molecule has 6 heteroatoms. The van der Waals surface area contributed by atoms with Gasteiger partial charge in [0.15, 0.2) is 0 Å². The summed E-state index contributed by atoms with van der Waals surface area (Å²) >= 11 is 3.24. The van der Waals surface area contributed by atoms with E-state index in [1.807, 2.05) is 26.0 Å². The highest BCUT2D eigenvalue weighted by atomic mass is 79.9.